The lowest BCUT2D eigenvalue weighted by Gasteiger charge is -2.01. The number of aryl methyl sites for hydroxylation is 1. The number of carbonyl (C=O) groups excluding carboxylic acids is 1. The predicted octanol–water partition coefficient (Wildman–Crippen LogP) is 0.650. The molecule has 2 aromatic rings. The van der Waals surface area contributed by atoms with E-state index in [0.29, 0.717) is 17.2 Å². The second kappa shape index (κ2) is 4.01. The van der Waals surface area contributed by atoms with Crippen molar-refractivity contribution in [1.82, 2.24) is 14.8 Å². The van der Waals surface area contributed by atoms with E-state index in [1.807, 2.05) is 0 Å². The van der Waals surface area contributed by atoms with Crippen LogP contribution in [0, 0.1) is 0 Å². The van der Waals surface area contributed by atoms with Crippen molar-refractivity contribution < 1.29 is 4.79 Å². The van der Waals surface area contributed by atoms with Crippen LogP contribution in [-0.2, 0) is 7.05 Å². The van der Waals surface area contributed by atoms with Gasteiger partial charge in [-0.1, -0.05) is 0 Å². The summed E-state index contributed by atoms with van der Waals surface area (Å²) in [7, 11) is 1.78. The fraction of sp³-hybridized carbons (Fsp3) is 0.100. The lowest BCUT2D eigenvalue weighted by Crippen LogP contribution is -2.13. The quantitative estimate of drug-likeness (QED) is 0.773. The molecule has 0 aliphatic carbocycles. The van der Waals surface area contributed by atoms with Crippen LogP contribution >= 0.6 is 0 Å². The molecule has 6 heteroatoms. The first kappa shape index (κ1) is 10.2. The standard InChI is InChI=1S/C10H11N5O/c1-15-5-3-9(14-15)13-10(16)7-2-4-12-8(11)6-7/h2-6H,1H3,(H2,11,12)(H,13,14,16). The van der Waals surface area contributed by atoms with E-state index in [0.717, 1.165) is 0 Å². The van der Waals surface area contributed by atoms with Crippen molar-refractivity contribution >= 4 is 17.5 Å². The van der Waals surface area contributed by atoms with E-state index >= 15 is 0 Å². The van der Waals surface area contributed by atoms with Crippen LogP contribution in [0.2, 0.25) is 0 Å². The van der Waals surface area contributed by atoms with Crippen LogP contribution in [0.25, 0.3) is 0 Å². The number of nitrogens with one attached hydrogen (secondary N) is 1. The van der Waals surface area contributed by atoms with Gasteiger partial charge < -0.3 is 11.1 Å². The molecule has 0 unspecified atom stereocenters. The van der Waals surface area contributed by atoms with E-state index in [2.05, 4.69) is 15.4 Å². The molecule has 6 nitrogen and oxygen atoms in total. The number of aromatic nitrogens is 3. The maximum absolute atomic E-state index is 11.7. The van der Waals surface area contributed by atoms with Gasteiger partial charge in [-0.2, -0.15) is 5.10 Å². The number of carbonyl (C=O) groups is 1. The molecule has 0 atom stereocenters. The van der Waals surface area contributed by atoms with Crippen LogP contribution in [0.1, 0.15) is 10.4 Å². The van der Waals surface area contributed by atoms with E-state index in [9.17, 15) is 4.79 Å². The zero-order valence-electron chi connectivity index (χ0n) is 8.71. The van der Waals surface area contributed by atoms with Crippen molar-refractivity contribution in [3.8, 4) is 0 Å². The molecule has 0 spiro atoms. The van der Waals surface area contributed by atoms with E-state index in [1.54, 1.807) is 30.1 Å². The second-order valence-electron chi connectivity index (χ2n) is 3.30. The molecule has 2 aromatic heterocycles. The maximum atomic E-state index is 11.7. The van der Waals surface area contributed by atoms with Crippen LogP contribution in [0.15, 0.2) is 30.6 Å². The Balaban J connectivity index is 2.14. The Bertz CT molecular complexity index is 519. The van der Waals surface area contributed by atoms with Gasteiger partial charge in [-0.05, 0) is 12.1 Å². The normalized spacial score (nSPS) is 10.1. The molecular weight excluding hydrogens is 206 g/mol. The molecule has 0 aliphatic rings. The van der Waals surface area contributed by atoms with Crippen LogP contribution in [0.5, 0.6) is 0 Å². The predicted molar refractivity (Wildman–Crippen MR) is 59.8 cm³/mol. The lowest BCUT2D eigenvalue weighted by molar-refractivity contribution is 0.102. The first-order valence-corrected chi connectivity index (χ1v) is 4.67. The van der Waals surface area contributed by atoms with Crippen LogP contribution in [0.3, 0.4) is 0 Å². The highest BCUT2D eigenvalue weighted by Gasteiger charge is 2.07. The van der Waals surface area contributed by atoms with Crippen molar-refractivity contribution in [3.63, 3.8) is 0 Å². The minimum absolute atomic E-state index is 0.257. The summed E-state index contributed by atoms with van der Waals surface area (Å²) >= 11 is 0. The summed E-state index contributed by atoms with van der Waals surface area (Å²) in [5, 5.41) is 6.69. The number of hydrogen-bond donors (Lipinski definition) is 2. The van der Waals surface area contributed by atoms with Gasteiger partial charge in [0.15, 0.2) is 5.82 Å². The molecule has 0 radical (unpaired) electrons. The smallest absolute Gasteiger partial charge is 0.257 e. The highest BCUT2D eigenvalue weighted by molar-refractivity contribution is 6.04. The third-order valence-electron chi connectivity index (χ3n) is 2.00. The topological polar surface area (TPSA) is 85.8 Å². The Labute approximate surface area is 92.1 Å². The molecule has 0 aliphatic heterocycles. The van der Waals surface area contributed by atoms with Gasteiger partial charge >= 0.3 is 0 Å². The Morgan fingerprint density at radius 3 is 2.94 bits per heavy atom. The van der Waals surface area contributed by atoms with Gasteiger partial charge in [0.2, 0.25) is 0 Å². The van der Waals surface area contributed by atoms with Crippen molar-refractivity contribution in [2.75, 3.05) is 11.1 Å². The van der Waals surface area contributed by atoms with Crippen molar-refractivity contribution in [1.29, 1.82) is 0 Å². The summed E-state index contributed by atoms with van der Waals surface area (Å²) in [6.07, 6.45) is 3.24. The van der Waals surface area contributed by atoms with Gasteiger partial charge in [0.05, 0.1) is 0 Å². The molecule has 3 N–H and O–H groups in total. The molecular formula is C10H11N5O. The third kappa shape index (κ3) is 2.17. The molecule has 2 heterocycles. The molecule has 82 valence electrons. The fourth-order valence-electron chi connectivity index (χ4n) is 1.26. The average Bonchev–Trinajstić information content (AvgIpc) is 2.64. The van der Waals surface area contributed by atoms with Gasteiger partial charge in [-0.15, -0.1) is 0 Å². The summed E-state index contributed by atoms with van der Waals surface area (Å²) in [6.45, 7) is 0. The maximum Gasteiger partial charge on any atom is 0.257 e. The number of rotatable bonds is 2. The summed E-state index contributed by atoms with van der Waals surface area (Å²) in [5.74, 6) is 0.560. The Morgan fingerprint density at radius 1 is 1.50 bits per heavy atom. The monoisotopic (exact) mass is 217 g/mol. The number of pyridine rings is 1. The first-order valence-electron chi connectivity index (χ1n) is 4.67. The molecule has 1 amide bonds. The number of anilines is 2. The first-order chi connectivity index (χ1) is 7.65. The SMILES string of the molecule is Cn1ccc(NC(=O)c2ccnc(N)c2)n1. The largest absolute Gasteiger partial charge is 0.384 e. The molecule has 16 heavy (non-hydrogen) atoms. The zero-order valence-corrected chi connectivity index (χ0v) is 8.71. The molecule has 0 saturated carbocycles. The Kier molecular flexibility index (Phi) is 2.55. The minimum atomic E-state index is -0.257. The number of nitrogens with zero attached hydrogens (tertiary/aromatic N) is 3. The summed E-state index contributed by atoms with van der Waals surface area (Å²) in [4.78, 5) is 15.5. The van der Waals surface area contributed by atoms with Crippen LogP contribution in [0.4, 0.5) is 11.6 Å². The van der Waals surface area contributed by atoms with E-state index < -0.39 is 0 Å². The summed E-state index contributed by atoms with van der Waals surface area (Å²) in [5.41, 5.74) is 5.94. The minimum Gasteiger partial charge on any atom is -0.384 e. The van der Waals surface area contributed by atoms with Crippen molar-refractivity contribution in [3.05, 3.63) is 36.2 Å². The van der Waals surface area contributed by atoms with Gasteiger partial charge in [0.1, 0.15) is 5.82 Å². The van der Waals surface area contributed by atoms with Gasteiger partial charge in [-0.3, -0.25) is 9.48 Å². The second-order valence-corrected chi connectivity index (χ2v) is 3.30. The zero-order chi connectivity index (χ0) is 11.5. The average molecular weight is 217 g/mol. The van der Waals surface area contributed by atoms with Gasteiger partial charge in [0, 0.05) is 31.1 Å². The molecule has 0 bridgehead atoms. The van der Waals surface area contributed by atoms with Crippen LogP contribution in [-0.4, -0.2) is 20.7 Å². The van der Waals surface area contributed by atoms with Gasteiger partial charge in [-0.25, -0.2) is 4.98 Å². The summed E-state index contributed by atoms with van der Waals surface area (Å²) in [6, 6.07) is 4.81. The number of nitrogens with two attached hydrogens (primary N) is 1. The number of hydrogen-bond acceptors (Lipinski definition) is 4. The fourth-order valence-corrected chi connectivity index (χ4v) is 1.26. The molecule has 0 aromatic carbocycles. The molecule has 2 rings (SSSR count). The van der Waals surface area contributed by atoms with E-state index in [-0.39, 0.29) is 5.91 Å². The summed E-state index contributed by atoms with van der Waals surface area (Å²) < 4.78 is 1.61. The van der Waals surface area contributed by atoms with Crippen molar-refractivity contribution in [2.45, 2.75) is 0 Å². The van der Waals surface area contributed by atoms with E-state index in [1.165, 1.54) is 12.3 Å². The highest BCUT2D eigenvalue weighted by Crippen LogP contribution is 2.07. The Morgan fingerprint density at radius 2 is 2.31 bits per heavy atom. The molecule has 0 saturated heterocycles. The Hall–Kier alpha value is -2.37. The lowest BCUT2D eigenvalue weighted by atomic mass is 10.2. The molecule has 0 fully saturated rings. The van der Waals surface area contributed by atoms with Crippen LogP contribution < -0.4 is 11.1 Å². The van der Waals surface area contributed by atoms with Gasteiger partial charge in [0.25, 0.3) is 5.91 Å². The third-order valence-corrected chi connectivity index (χ3v) is 2.00. The number of nitrogen functional groups attached to an aromatic ring is 1. The van der Waals surface area contributed by atoms with Crippen molar-refractivity contribution in [2.24, 2.45) is 7.05 Å². The van der Waals surface area contributed by atoms with E-state index in [4.69, 9.17) is 5.73 Å². The number of amides is 1. The highest BCUT2D eigenvalue weighted by atomic mass is 16.1.